The average molecular weight is 727 g/mol. The third-order valence-electron chi connectivity index (χ3n) is 13.1. The number of aryl methyl sites for hydroxylation is 3. The lowest BCUT2D eigenvalue weighted by molar-refractivity contribution is 0.297. The molecule has 55 heavy (non-hydrogen) atoms. The Labute approximate surface area is 328 Å². The first-order valence-corrected chi connectivity index (χ1v) is 20.6. The van der Waals surface area contributed by atoms with Gasteiger partial charge in [0.25, 0.3) is 6.71 Å². The van der Waals surface area contributed by atoms with Gasteiger partial charge in [0.2, 0.25) is 0 Å². The van der Waals surface area contributed by atoms with Crippen LogP contribution in [0.15, 0.2) is 66.7 Å². The van der Waals surface area contributed by atoms with Gasteiger partial charge in [-0.25, -0.2) is 0 Å². The Balaban J connectivity index is 1.30. The minimum absolute atomic E-state index is 0.0390. The minimum Gasteiger partial charge on any atom is -0.489 e. The van der Waals surface area contributed by atoms with Crippen LogP contribution in [0.5, 0.6) is 11.5 Å². The highest BCUT2D eigenvalue weighted by atomic mass is 16.5. The van der Waals surface area contributed by atoms with Crippen molar-refractivity contribution >= 4 is 57.2 Å². The summed E-state index contributed by atoms with van der Waals surface area (Å²) in [5.41, 5.74) is 23.2. The lowest BCUT2D eigenvalue weighted by Crippen LogP contribution is -2.61. The second-order valence-electron chi connectivity index (χ2n) is 20.1. The molecule has 5 aromatic rings. The molecular formula is C50H55BN2O2. The number of benzene rings is 5. The first-order chi connectivity index (χ1) is 26.1. The zero-order chi connectivity index (χ0) is 38.3. The van der Waals surface area contributed by atoms with Crippen LogP contribution in [0, 0.1) is 31.6 Å². The molecule has 5 aliphatic rings. The SMILES string of the molecule is Cc1cc2c3c(c1)N(c1c(C)cc(C(C)(C)C)cc1C)c1c(ccc4c1OCCCO4)B3c1cc3c(cc1N2c1ccc2c(c1)CC(C)(C)C2)CC(C)(C)C3. The fourth-order valence-corrected chi connectivity index (χ4v) is 10.8. The van der Waals surface area contributed by atoms with Gasteiger partial charge in [0.1, 0.15) is 0 Å². The fraction of sp³-hybridized carbons (Fsp3) is 0.400. The van der Waals surface area contributed by atoms with Crippen LogP contribution in [0.25, 0.3) is 0 Å². The molecule has 280 valence electrons. The van der Waals surface area contributed by atoms with Crippen LogP contribution in [0.2, 0.25) is 0 Å². The van der Waals surface area contributed by atoms with Crippen LogP contribution in [0.4, 0.5) is 34.1 Å². The fourth-order valence-electron chi connectivity index (χ4n) is 10.8. The van der Waals surface area contributed by atoms with Gasteiger partial charge in [0.15, 0.2) is 11.5 Å². The van der Waals surface area contributed by atoms with E-state index in [1.165, 1.54) is 89.3 Å². The molecule has 0 aromatic heterocycles. The van der Waals surface area contributed by atoms with Crippen LogP contribution in [-0.2, 0) is 31.1 Å². The van der Waals surface area contributed by atoms with Gasteiger partial charge in [0.05, 0.1) is 24.6 Å². The van der Waals surface area contributed by atoms with Crippen LogP contribution < -0.4 is 35.7 Å². The Hall–Kier alpha value is -4.64. The van der Waals surface area contributed by atoms with Gasteiger partial charge in [-0.05, 0) is 160 Å². The highest BCUT2D eigenvalue weighted by Gasteiger charge is 2.47. The Morgan fingerprint density at radius 2 is 1.22 bits per heavy atom. The molecule has 3 heterocycles. The Kier molecular flexibility index (Phi) is 7.41. The molecular weight excluding hydrogens is 671 g/mol. The van der Waals surface area contributed by atoms with E-state index in [9.17, 15) is 0 Å². The molecule has 0 spiro atoms. The van der Waals surface area contributed by atoms with Crippen molar-refractivity contribution in [3.05, 3.63) is 111 Å². The highest BCUT2D eigenvalue weighted by molar-refractivity contribution is 7.00. The monoisotopic (exact) mass is 726 g/mol. The second kappa shape index (κ2) is 11.7. The standard InChI is InChI=1S/C50H55BN2O2/c1-29-18-41-44-42(19-29)53(45-30(2)20-36(21-31(45)3)48(4,5)6)46-38(14-15-43-47(46)55-17-11-16-54-43)51(44)39-23-34-27-50(9,10)28-35(34)24-40(39)52(41)37-13-12-32-25-49(7,8)26-33(32)22-37/h12-15,18-24H,11,16-17,25-28H2,1-10H3. The van der Waals surface area contributed by atoms with Gasteiger partial charge >= 0.3 is 0 Å². The lowest BCUT2D eigenvalue weighted by Gasteiger charge is -2.45. The molecule has 0 atom stereocenters. The van der Waals surface area contributed by atoms with Gasteiger partial charge in [-0.3, -0.25) is 0 Å². The average Bonchev–Trinajstić information content (AvgIpc) is 3.45. The van der Waals surface area contributed by atoms with Crippen molar-refractivity contribution in [2.75, 3.05) is 23.0 Å². The number of anilines is 6. The van der Waals surface area contributed by atoms with Crippen LogP contribution >= 0.6 is 0 Å². The van der Waals surface area contributed by atoms with Crippen molar-refractivity contribution in [2.45, 2.75) is 107 Å². The van der Waals surface area contributed by atoms with Crippen LogP contribution in [-0.4, -0.2) is 19.9 Å². The first kappa shape index (κ1) is 34.8. The number of nitrogens with zero attached hydrogens (tertiary/aromatic N) is 2. The summed E-state index contributed by atoms with van der Waals surface area (Å²) in [5.74, 6) is 1.71. The number of rotatable bonds is 2. The molecule has 5 aromatic carbocycles. The molecule has 5 heteroatoms. The van der Waals surface area contributed by atoms with E-state index in [0.717, 1.165) is 49.3 Å². The zero-order valence-corrected chi connectivity index (χ0v) is 34.6. The maximum absolute atomic E-state index is 6.80. The summed E-state index contributed by atoms with van der Waals surface area (Å²) in [5, 5.41) is 0. The van der Waals surface area contributed by atoms with Crippen molar-refractivity contribution in [2.24, 2.45) is 10.8 Å². The third-order valence-corrected chi connectivity index (χ3v) is 13.1. The smallest absolute Gasteiger partial charge is 0.252 e. The highest BCUT2D eigenvalue weighted by Crippen LogP contribution is 2.52. The predicted octanol–water partition coefficient (Wildman–Crippen LogP) is 10.4. The van der Waals surface area contributed by atoms with Crippen LogP contribution in [0.1, 0.15) is 99.4 Å². The molecule has 0 unspecified atom stereocenters. The van der Waals surface area contributed by atoms with Gasteiger partial charge in [0, 0.05) is 29.2 Å². The van der Waals surface area contributed by atoms with Gasteiger partial charge in [-0.1, -0.05) is 78.8 Å². The van der Waals surface area contributed by atoms with Crippen molar-refractivity contribution in [1.82, 2.24) is 0 Å². The molecule has 0 saturated carbocycles. The molecule has 4 nitrogen and oxygen atoms in total. The normalized spacial score (nSPS) is 18.3. The van der Waals surface area contributed by atoms with E-state index in [4.69, 9.17) is 9.47 Å². The van der Waals surface area contributed by atoms with Crippen LogP contribution in [0.3, 0.4) is 0 Å². The molecule has 0 radical (unpaired) electrons. The molecule has 0 bridgehead atoms. The zero-order valence-electron chi connectivity index (χ0n) is 34.6. The molecule has 0 saturated heterocycles. The number of hydrogen-bond acceptors (Lipinski definition) is 4. The van der Waals surface area contributed by atoms with E-state index < -0.39 is 0 Å². The Morgan fingerprint density at radius 3 is 1.91 bits per heavy atom. The van der Waals surface area contributed by atoms with Gasteiger partial charge in [-0.15, -0.1) is 0 Å². The van der Waals surface area contributed by atoms with Crippen molar-refractivity contribution in [3.63, 3.8) is 0 Å². The summed E-state index contributed by atoms with van der Waals surface area (Å²) in [6, 6.07) is 26.7. The van der Waals surface area contributed by atoms with E-state index in [1.807, 2.05) is 0 Å². The summed E-state index contributed by atoms with van der Waals surface area (Å²) in [7, 11) is 0. The van der Waals surface area contributed by atoms with E-state index in [1.54, 1.807) is 0 Å². The molecule has 0 N–H and O–H groups in total. The minimum atomic E-state index is 0.0390. The maximum atomic E-state index is 6.80. The molecule has 2 aliphatic carbocycles. The molecule has 0 fully saturated rings. The maximum Gasteiger partial charge on any atom is 0.252 e. The summed E-state index contributed by atoms with van der Waals surface area (Å²) >= 11 is 0. The summed E-state index contributed by atoms with van der Waals surface area (Å²) in [6.45, 7) is 24.8. The summed E-state index contributed by atoms with van der Waals surface area (Å²) in [4.78, 5) is 5.19. The van der Waals surface area contributed by atoms with Crippen molar-refractivity contribution in [3.8, 4) is 11.5 Å². The number of ether oxygens (including phenoxy) is 2. The van der Waals surface area contributed by atoms with Crippen molar-refractivity contribution < 1.29 is 9.47 Å². The number of hydrogen-bond donors (Lipinski definition) is 0. The molecule has 10 rings (SSSR count). The van der Waals surface area contributed by atoms with E-state index >= 15 is 0 Å². The summed E-state index contributed by atoms with van der Waals surface area (Å²) < 4.78 is 13.3. The topological polar surface area (TPSA) is 24.9 Å². The first-order valence-electron chi connectivity index (χ1n) is 20.6. The third kappa shape index (κ3) is 5.39. The summed E-state index contributed by atoms with van der Waals surface area (Å²) in [6.07, 6.45) is 5.31. The van der Waals surface area contributed by atoms with E-state index in [2.05, 4.69) is 146 Å². The van der Waals surface area contributed by atoms with Crippen molar-refractivity contribution in [1.29, 1.82) is 0 Å². The molecule has 0 amide bonds. The van der Waals surface area contributed by atoms with Gasteiger partial charge < -0.3 is 19.3 Å². The largest absolute Gasteiger partial charge is 0.489 e. The van der Waals surface area contributed by atoms with Gasteiger partial charge in [-0.2, -0.15) is 0 Å². The lowest BCUT2D eigenvalue weighted by atomic mass is 9.33. The Morgan fingerprint density at radius 1 is 0.600 bits per heavy atom. The quantitative estimate of drug-likeness (QED) is 0.166. The molecule has 3 aliphatic heterocycles. The predicted molar refractivity (Wildman–Crippen MR) is 231 cm³/mol. The number of fused-ring (bicyclic) bond motifs is 8. The van der Waals surface area contributed by atoms with E-state index in [0.29, 0.717) is 13.2 Å². The Bertz CT molecular complexity index is 2440. The van der Waals surface area contributed by atoms with E-state index in [-0.39, 0.29) is 23.0 Å². The second-order valence-corrected chi connectivity index (χ2v) is 20.1.